The molecule has 8 nitrogen and oxygen atoms in total. The van der Waals surface area contributed by atoms with E-state index in [-0.39, 0.29) is 49.0 Å². The van der Waals surface area contributed by atoms with Crippen molar-refractivity contribution in [2.75, 3.05) is 59.0 Å². The standard InChI is InChI=1S/C17H28N4O4.ClH/c22-15(19-8-10-25-11-9-19)3-4-16(23)20-6-1-2-14(13-20)21-7-5-18-12-17(21)24;/h14,18H,1-13H2;1H. The van der Waals surface area contributed by atoms with E-state index in [9.17, 15) is 14.4 Å². The van der Waals surface area contributed by atoms with E-state index in [1.807, 2.05) is 9.80 Å². The number of piperidine rings is 1. The summed E-state index contributed by atoms with van der Waals surface area (Å²) in [4.78, 5) is 42.3. The molecular formula is C17H29ClN4O4. The molecule has 3 fully saturated rings. The minimum Gasteiger partial charge on any atom is -0.378 e. The van der Waals surface area contributed by atoms with Crippen molar-refractivity contribution in [3.8, 4) is 0 Å². The number of carbonyl (C=O) groups is 3. The van der Waals surface area contributed by atoms with Crippen molar-refractivity contribution in [1.29, 1.82) is 0 Å². The lowest BCUT2D eigenvalue weighted by molar-refractivity contribution is -0.142. The van der Waals surface area contributed by atoms with Gasteiger partial charge >= 0.3 is 0 Å². The summed E-state index contributed by atoms with van der Waals surface area (Å²) in [7, 11) is 0. The van der Waals surface area contributed by atoms with Crippen molar-refractivity contribution in [2.45, 2.75) is 31.7 Å². The molecule has 1 atom stereocenters. The second-order valence-corrected chi connectivity index (χ2v) is 6.89. The number of amides is 3. The molecule has 3 aliphatic heterocycles. The van der Waals surface area contributed by atoms with Crippen molar-refractivity contribution in [3.63, 3.8) is 0 Å². The number of likely N-dealkylation sites (tertiary alicyclic amines) is 1. The fourth-order valence-electron chi connectivity index (χ4n) is 3.79. The molecule has 0 aromatic carbocycles. The van der Waals surface area contributed by atoms with Gasteiger partial charge in [-0.05, 0) is 12.8 Å². The molecule has 1 unspecified atom stereocenters. The van der Waals surface area contributed by atoms with Crippen LogP contribution in [0.5, 0.6) is 0 Å². The molecule has 148 valence electrons. The number of hydrogen-bond donors (Lipinski definition) is 1. The van der Waals surface area contributed by atoms with Gasteiger partial charge in [0.15, 0.2) is 0 Å². The number of ether oxygens (including phenoxy) is 1. The molecule has 0 aromatic rings. The number of nitrogens with zero attached hydrogens (tertiary/aromatic N) is 3. The summed E-state index contributed by atoms with van der Waals surface area (Å²) in [5, 5.41) is 3.08. The summed E-state index contributed by atoms with van der Waals surface area (Å²) in [6.45, 7) is 5.60. The molecule has 0 aliphatic carbocycles. The van der Waals surface area contributed by atoms with Crippen LogP contribution in [-0.4, -0.2) is 97.5 Å². The Morgan fingerprint density at radius 3 is 2.42 bits per heavy atom. The van der Waals surface area contributed by atoms with E-state index in [1.54, 1.807) is 4.90 Å². The second-order valence-electron chi connectivity index (χ2n) is 6.89. The summed E-state index contributed by atoms with van der Waals surface area (Å²) in [5.74, 6) is 0.171. The van der Waals surface area contributed by atoms with Crippen LogP contribution in [0.15, 0.2) is 0 Å². The van der Waals surface area contributed by atoms with E-state index in [2.05, 4.69) is 5.32 Å². The van der Waals surface area contributed by atoms with Gasteiger partial charge < -0.3 is 24.8 Å². The first-order valence-electron chi connectivity index (χ1n) is 9.28. The van der Waals surface area contributed by atoms with Gasteiger partial charge in [-0.15, -0.1) is 12.4 Å². The van der Waals surface area contributed by atoms with Gasteiger partial charge in [0, 0.05) is 58.2 Å². The SMILES string of the molecule is Cl.O=C(CCC(=O)N1CCCC(N2CCNCC2=O)C1)N1CCOCC1. The Morgan fingerprint density at radius 2 is 1.73 bits per heavy atom. The summed E-state index contributed by atoms with van der Waals surface area (Å²) in [5.41, 5.74) is 0. The van der Waals surface area contributed by atoms with Crippen molar-refractivity contribution in [2.24, 2.45) is 0 Å². The largest absolute Gasteiger partial charge is 0.378 e. The van der Waals surface area contributed by atoms with E-state index < -0.39 is 0 Å². The maximum atomic E-state index is 12.5. The van der Waals surface area contributed by atoms with Crippen LogP contribution < -0.4 is 5.32 Å². The Labute approximate surface area is 160 Å². The van der Waals surface area contributed by atoms with Gasteiger partial charge in [0.05, 0.1) is 19.8 Å². The molecule has 1 N–H and O–H groups in total. The normalized spacial score (nSPS) is 24.2. The van der Waals surface area contributed by atoms with E-state index in [1.165, 1.54) is 0 Å². The summed E-state index contributed by atoms with van der Waals surface area (Å²) >= 11 is 0. The van der Waals surface area contributed by atoms with Crippen LogP contribution in [0.1, 0.15) is 25.7 Å². The first-order chi connectivity index (χ1) is 12.1. The highest BCUT2D eigenvalue weighted by molar-refractivity contribution is 5.85. The minimum absolute atomic E-state index is 0. The molecule has 3 amide bonds. The average Bonchev–Trinajstić information content (AvgIpc) is 2.67. The molecule has 0 aromatic heterocycles. The van der Waals surface area contributed by atoms with Gasteiger partial charge in [-0.25, -0.2) is 0 Å². The maximum absolute atomic E-state index is 12.5. The smallest absolute Gasteiger partial charge is 0.236 e. The lowest BCUT2D eigenvalue weighted by Gasteiger charge is -2.41. The molecular weight excluding hydrogens is 360 g/mol. The minimum atomic E-state index is 0. The molecule has 3 rings (SSSR count). The molecule has 0 radical (unpaired) electrons. The number of rotatable bonds is 4. The first-order valence-corrected chi connectivity index (χ1v) is 9.28. The van der Waals surface area contributed by atoms with Crippen molar-refractivity contribution < 1.29 is 19.1 Å². The zero-order valence-corrected chi connectivity index (χ0v) is 16.0. The Balaban J connectivity index is 0.00000243. The third-order valence-corrected chi connectivity index (χ3v) is 5.23. The number of carbonyl (C=O) groups excluding carboxylic acids is 3. The second kappa shape index (κ2) is 10.1. The predicted molar refractivity (Wildman–Crippen MR) is 98.1 cm³/mol. The number of morpholine rings is 1. The number of halogens is 1. The van der Waals surface area contributed by atoms with Gasteiger partial charge in [-0.1, -0.05) is 0 Å². The molecule has 0 saturated carbocycles. The molecule has 3 saturated heterocycles. The quantitative estimate of drug-likeness (QED) is 0.700. The van der Waals surface area contributed by atoms with Crippen LogP contribution in [0.4, 0.5) is 0 Å². The van der Waals surface area contributed by atoms with Crippen molar-refractivity contribution in [3.05, 3.63) is 0 Å². The van der Waals surface area contributed by atoms with Crippen LogP contribution >= 0.6 is 12.4 Å². The Bertz CT molecular complexity index is 513. The predicted octanol–water partition coefficient (Wildman–Crippen LogP) is -0.530. The van der Waals surface area contributed by atoms with Crippen molar-refractivity contribution in [1.82, 2.24) is 20.0 Å². The molecule has 0 bridgehead atoms. The van der Waals surface area contributed by atoms with E-state index in [0.29, 0.717) is 45.9 Å². The highest BCUT2D eigenvalue weighted by Gasteiger charge is 2.31. The zero-order valence-electron chi connectivity index (χ0n) is 15.2. The van der Waals surface area contributed by atoms with Gasteiger partial charge in [0.1, 0.15) is 0 Å². The highest BCUT2D eigenvalue weighted by Crippen LogP contribution is 2.18. The average molecular weight is 389 g/mol. The monoisotopic (exact) mass is 388 g/mol. The summed E-state index contributed by atoms with van der Waals surface area (Å²) in [6.07, 6.45) is 2.36. The van der Waals surface area contributed by atoms with Crippen LogP contribution in [0, 0.1) is 0 Å². The van der Waals surface area contributed by atoms with E-state index in [0.717, 1.165) is 25.9 Å². The molecule has 9 heteroatoms. The Hall–Kier alpha value is -1.38. The number of hydrogen-bond acceptors (Lipinski definition) is 5. The van der Waals surface area contributed by atoms with Gasteiger partial charge in [0.2, 0.25) is 17.7 Å². The summed E-state index contributed by atoms with van der Waals surface area (Å²) in [6, 6.07) is 0.113. The first kappa shape index (κ1) is 20.9. The zero-order chi connectivity index (χ0) is 17.6. The van der Waals surface area contributed by atoms with Crippen LogP contribution in [0.2, 0.25) is 0 Å². The summed E-state index contributed by atoms with van der Waals surface area (Å²) < 4.78 is 5.24. The molecule has 0 spiro atoms. The molecule has 3 heterocycles. The lowest BCUT2D eigenvalue weighted by Crippen LogP contribution is -2.57. The third kappa shape index (κ3) is 5.31. The number of nitrogens with one attached hydrogen (secondary N) is 1. The third-order valence-electron chi connectivity index (χ3n) is 5.23. The van der Waals surface area contributed by atoms with Gasteiger partial charge in [-0.3, -0.25) is 14.4 Å². The topological polar surface area (TPSA) is 82.2 Å². The van der Waals surface area contributed by atoms with Gasteiger partial charge in [-0.2, -0.15) is 0 Å². The molecule has 3 aliphatic rings. The molecule has 26 heavy (non-hydrogen) atoms. The fourth-order valence-corrected chi connectivity index (χ4v) is 3.79. The Morgan fingerprint density at radius 1 is 1.04 bits per heavy atom. The van der Waals surface area contributed by atoms with Gasteiger partial charge in [0.25, 0.3) is 0 Å². The van der Waals surface area contributed by atoms with E-state index >= 15 is 0 Å². The maximum Gasteiger partial charge on any atom is 0.236 e. The fraction of sp³-hybridized carbons (Fsp3) is 0.824. The van der Waals surface area contributed by atoms with Crippen LogP contribution in [0.3, 0.4) is 0 Å². The van der Waals surface area contributed by atoms with Crippen LogP contribution in [0.25, 0.3) is 0 Å². The van der Waals surface area contributed by atoms with Crippen LogP contribution in [-0.2, 0) is 19.1 Å². The van der Waals surface area contributed by atoms with Crippen molar-refractivity contribution >= 4 is 30.1 Å². The number of piperazine rings is 1. The highest BCUT2D eigenvalue weighted by atomic mass is 35.5. The Kier molecular flexibility index (Phi) is 8.12. The van der Waals surface area contributed by atoms with E-state index in [4.69, 9.17) is 4.74 Å². The lowest BCUT2D eigenvalue weighted by atomic mass is 10.0.